The van der Waals surface area contributed by atoms with Crippen molar-refractivity contribution >= 4 is 42.1 Å². The predicted octanol–water partition coefficient (Wildman–Crippen LogP) is 6.88. The van der Waals surface area contributed by atoms with E-state index in [9.17, 15) is 4.80 Å². The van der Waals surface area contributed by atoms with E-state index >= 15 is 0 Å². The summed E-state index contributed by atoms with van der Waals surface area (Å²) in [6.07, 6.45) is 4.66. The molecule has 0 saturated carbocycles. The molecule has 2 nitrogen and oxygen atoms in total. The van der Waals surface area contributed by atoms with Crippen LogP contribution in [-0.2, 0) is 12.2 Å². The lowest BCUT2D eigenvalue weighted by Crippen LogP contribution is -2.65. The Labute approximate surface area is 219 Å². The Kier molecular flexibility index (Phi) is 8.50. The second-order valence-electron chi connectivity index (χ2n) is 9.57. The summed E-state index contributed by atoms with van der Waals surface area (Å²) in [5, 5.41) is 2.39. The molecule has 1 N–H and O–H groups in total. The summed E-state index contributed by atoms with van der Waals surface area (Å²) in [7, 11) is -2.99. The van der Waals surface area contributed by atoms with Gasteiger partial charge in [0.25, 0.3) is 8.32 Å². The van der Waals surface area contributed by atoms with E-state index in [1.807, 2.05) is 54.7 Å². The maximum Gasteiger partial charge on any atom is 0.258 e. The number of benzene rings is 3. The third kappa shape index (κ3) is 6.07. The molecule has 3 aromatic carbocycles. The van der Waals surface area contributed by atoms with Crippen LogP contribution in [0.1, 0.15) is 37.8 Å². The normalized spacial score (nSPS) is 12.0. The topological polar surface area (TPSA) is 33.1 Å². The van der Waals surface area contributed by atoms with Crippen molar-refractivity contribution in [3.05, 3.63) is 120 Å². The summed E-state index contributed by atoms with van der Waals surface area (Å²) in [6.45, 7) is 4.45. The molecule has 0 unspecified atom stereocenters. The zero-order chi connectivity index (χ0) is 24.7. The summed E-state index contributed by atoms with van der Waals surface area (Å²) in [5.41, 5.74) is 2.52. The fraction of sp³-hybridized carbons (Fsp3) is 0.233. The van der Waals surface area contributed by atoms with Crippen LogP contribution in [0.5, 0.6) is 0 Å². The minimum absolute atomic E-state index is 0.260. The third-order valence-electron chi connectivity index (χ3n) is 6.76. The van der Waals surface area contributed by atoms with E-state index in [1.54, 1.807) is 11.8 Å². The highest BCUT2D eigenvalue weighted by molar-refractivity contribution is 7.98. The predicted molar refractivity (Wildman–Crippen MR) is 152 cm³/mol. The maximum atomic E-state index is 12.4. The van der Waals surface area contributed by atoms with Crippen LogP contribution in [0.15, 0.2) is 108 Å². The van der Waals surface area contributed by atoms with Crippen molar-refractivity contribution in [3.63, 3.8) is 0 Å². The maximum absolute atomic E-state index is 12.4. The van der Waals surface area contributed by atoms with Crippen molar-refractivity contribution in [1.29, 1.82) is 0 Å². The van der Waals surface area contributed by atoms with Crippen molar-refractivity contribution in [2.75, 3.05) is 0 Å². The van der Waals surface area contributed by atoms with Gasteiger partial charge in [-0.05, 0) is 51.9 Å². The first-order valence-corrected chi connectivity index (χ1v) is 15.4. The Morgan fingerprint density at radius 3 is 1.97 bits per heavy atom. The van der Waals surface area contributed by atoms with Crippen LogP contribution in [0.3, 0.4) is 0 Å². The van der Waals surface area contributed by atoms with Crippen LogP contribution in [0.25, 0.3) is 0 Å². The molecule has 0 fully saturated rings. The second kappa shape index (κ2) is 11.6. The molecule has 5 heteroatoms. The van der Waals surface area contributed by atoms with Gasteiger partial charge in [-0.25, -0.2) is 4.98 Å². The molecule has 180 valence electrons. The fourth-order valence-electron chi connectivity index (χ4n) is 4.72. The van der Waals surface area contributed by atoms with Gasteiger partial charge in [0, 0.05) is 16.8 Å². The second-order valence-corrected chi connectivity index (χ2v) is 14.9. The number of aromatic nitrogens is 1. The molecule has 0 amide bonds. The number of hydrogen-bond donors (Lipinski definition) is 1. The van der Waals surface area contributed by atoms with Gasteiger partial charge in [0.1, 0.15) is 5.15 Å². The highest BCUT2D eigenvalue weighted by atomic mass is 35.5. The molecule has 0 radical (unpaired) electrons. The van der Waals surface area contributed by atoms with E-state index in [1.165, 1.54) is 16.0 Å². The van der Waals surface area contributed by atoms with Gasteiger partial charge in [-0.15, -0.1) is 11.8 Å². The Balaban J connectivity index is 1.52. The zero-order valence-electron chi connectivity index (χ0n) is 20.3. The van der Waals surface area contributed by atoms with Gasteiger partial charge in [0.05, 0.1) is 0 Å². The summed E-state index contributed by atoms with van der Waals surface area (Å²) in [5.74, 6) is 0.900. The summed E-state index contributed by atoms with van der Waals surface area (Å²) >= 11 is 8.09. The van der Waals surface area contributed by atoms with E-state index in [0.29, 0.717) is 5.15 Å². The van der Waals surface area contributed by atoms with E-state index in [4.69, 9.17) is 11.6 Å². The average Bonchev–Trinajstić information content (AvgIpc) is 2.89. The van der Waals surface area contributed by atoms with Crippen LogP contribution in [-0.4, -0.2) is 18.1 Å². The van der Waals surface area contributed by atoms with Gasteiger partial charge in [-0.1, -0.05) is 116 Å². The molecule has 4 rings (SSSR count). The minimum Gasteiger partial charge on any atom is -0.424 e. The number of pyridine rings is 1. The number of halogens is 1. The molecule has 0 aliphatic heterocycles. The highest BCUT2D eigenvalue weighted by Crippen LogP contribution is 2.40. The van der Waals surface area contributed by atoms with Crippen LogP contribution in [0.4, 0.5) is 0 Å². The summed E-state index contributed by atoms with van der Waals surface area (Å²) in [4.78, 5) is 17.9. The molecule has 0 bridgehead atoms. The highest BCUT2D eigenvalue weighted by Gasteiger charge is 2.49. The van der Waals surface area contributed by atoms with Crippen molar-refractivity contribution < 1.29 is 4.80 Å². The van der Waals surface area contributed by atoms with E-state index in [-0.39, 0.29) is 5.04 Å². The van der Waals surface area contributed by atoms with Crippen molar-refractivity contribution in [3.8, 4) is 0 Å². The Hall–Kier alpha value is -2.37. The minimum atomic E-state index is -2.99. The van der Waals surface area contributed by atoms with E-state index in [0.717, 1.165) is 35.4 Å². The largest absolute Gasteiger partial charge is 0.424 e. The van der Waals surface area contributed by atoms with Gasteiger partial charge < -0.3 is 4.80 Å². The Bertz CT molecular complexity index is 1180. The molecule has 0 aliphatic carbocycles. The molecule has 1 aromatic heterocycles. The standard InChI is InChI=1S/C30H32ClNOSSi/c1-30(2,35(33,26-16-8-4-9-17-26)27-18-10-5-11-19-27)20-12-15-25-21-29(31)32-22-28(25)34-23-24-13-6-3-7-14-24/h3-11,13-14,16-19,21-22,33H,12,15,20,23H2,1-2H3. The summed E-state index contributed by atoms with van der Waals surface area (Å²) < 4.78 is 0. The van der Waals surface area contributed by atoms with Crippen LogP contribution in [0, 0.1) is 0 Å². The first kappa shape index (κ1) is 25.7. The van der Waals surface area contributed by atoms with Crippen molar-refractivity contribution in [1.82, 2.24) is 4.98 Å². The molecule has 0 saturated heterocycles. The Morgan fingerprint density at radius 1 is 0.857 bits per heavy atom. The molecule has 4 aromatic rings. The van der Waals surface area contributed by atoms with Gasteiger partial charge in [0.15, 0.2) is 0 Å². The van der Waals surface area contributed by atoms with E-state index < -0.39 is 8.32 Å². The first-order chi connectivity index (χ1) is 16.9. The van der Waals surface area contributed by atoms with Crippen molar-refractivity contribution in [2.24, 2.45) is 0 Å². The quantitative estimate of drug-likeness (QED) is 0.141. The van der Waals surface area contributed by atoms with Crippen LogP contribution in [0.2, 0.25) is 10.2 Å². The van der Waals surface area contributed by atoms with Gasteiger partial charge in [-0.3, -0.25) is 0 Å². The number of nitrogens with zero attached hydrogens (tertiary/aromatic N) is 1. The molecule has 0 atom stereocenters. The first-order valence-electron chi connectivity index (χ1n) is 12.0. The lowest BCUT2D eigenvalue weighted by atomic mass is 10.0. The zero-order valence-corrected chi connectivity index (χ0v) is 22.9. The number of hydrogen-bond acceptors (Lipinski definition) is 3. The summed E-state index contributed by atoms with van der Waals surface area (Å²) in [6, 6.07) is 33.0. The molecule has 1 heterocycles. The molecular weight excluding hydrogens is 486 g/mol. The number of thioether (sulfide) groups is 1. The van der Waals surface area contributed by atoms with Gasteiger partial charge in [-0.2, -0.15) is 0 Å². The van der Waals surface area contributed by atoms with Crippen molar-refractivity contribution in [2.45, 2.75) is 48.8 Å². The lowest BCUT2D eigenvalue weighted by molar-refractivity contribution is 0.457. The third-order valence-corrected chi connectivity index (χ3v) is 12.7. The monoisotopic (exact) mass is 517 g/mol. The average molecular weight is 518 g/mol. The smallest absolute Gasteiger partial charge is 0.258 e. The molecule has 35 heavy (non-hydrogen) atoms. The number of rotatable bonds is 10. The molecular formula is C30H32ClNOSSi. The molecule has 0 aliphatic rings. The van der Waals surface area contributed by atoms with Gasteiger partial charge in [0.2, 0.25) is 0 Å². The number of aryl methyl sites for hydroxylation is 1. The van der Waals surface area contributed by atoms with E-state index in [2.05, 4.69) is 67.4 Å². The lowest BCUT2D eigenvalue weighted by Gasteiger charge is -2.41. The molecule has 0 spiro atoms. The van der Waals surface area contributed by atoms with Crippen LogP contribution >= 0.6 is 23.4 Å². The Morgan fingerprint density at radius 2 is 1.40 bits per heavy atom. The fourth-order valence-corrected chi connectivity index (χ4v) is 9.68. The van der Waals surface area contributed by atoms with Gasteiger partial charge >= 0.3 is 0 Å². The van der Waals surface area contributed by atoms with Crippen LogP contribution < -0.4 is 10.4 Å². The SMILES string of the molecule is CC(C)(CCCc1cc(Cl)ncc1SCc1ccccc1)[Si](O)(c1ccccc1)c1ccccc1.